The second-order valence-electron chi connectivity index (χ2n) is 5.31. The number of nitrogens with one attached hydrogen (secondary N) is 1. The first-order chi connectivity index (χ1) is 9.97. The van der Waals surface area contributed by atoms with E-state index in [9.17, 15) is 14.9 Å². The minimum Gasteiger partial charge on any atom is -0.385 e. The molecule has 114 valence electrons. The van der Waals surface area contributed by atoms with E-state index in [1.165, 1.54) is 0 Å². The largest absolute Gasteiger partial charge is 0.385 e. The van der Waals surface area contributed by atoms with Gasteiger partial charge in [-0.05, 0) is 24.7 Å². The van der Waals surface area contributed by atoms with Gasteiger partial charge in [0.1, 0.15) is 12.0 Å². The van der Waals surface area contributed by atoms with Gasteiger partial charge in [0.05, 0.1) is 10.5 Å². The third-order valence-electron chi connectivity index (χ3n) is 3.78. The number of hydrogen-bond acceptors (Lipinski definition) is 6. The lowest BCUT2D eigenvalue weighted by Crippen LogP contribution is -2.31. The van der Waals surface area contributed by atoms with Crippen molar-refractivity contribution in [3.05, 3.63) is 27.9 Å². The van der Waals surface area contributed by atoms with Crippen molar-refractivity contribution in [1.29, 1.82) is 0 Å². The van der Waals surface area contributed by atoms with Crippen LogP contribution in [0.2, 0.25) is 0 Å². The zero-order valence-corrected chi connectivity index (χ0v) is 11.8. The van der Waals surface area contributed by atoms with Gasteiger partial charge in [-0.3, -0.25) is 14.9 Å². The highest BCUT2D eigenvalue weighted by atomic mass is 16.6. The second-order valence-corrected chi connectivity index (χ2v) is 5.31. The molecule has 1 amide bonds. The van der Waals surface area contributed by atoms with E-state index in [1.54, 1.807) is 7.11 Å². The number of nitrogens with two attached hydrogens (primary N) is 1. The first-order valence-electron chi connectivity index (χ1n) is 6.64. The van der Waals surface area contributed by atoms with Crippen molar-refractivity contribution >= 4 is 17.4 Å². The Morgan fingerprint density at radius 1 is 1.62 bits per heavy atom. The summed E-state index contributed by atoms with van der Waals surface area (Å²) in [4.78, 5) is 25.9. The molecule has 8 nitrogen and oxygen atoms in total. The Kier molecular flexibility index (Phi) is 4.37. The minimum atomic E-state index is -0.607. The van der Waals surface area contributed by atoms with E-state index in [2.05, 4.69) is 10.3 Å². The molecule has 0 unspecified atom stereocenters. The molecule has 0 aliphatic heterocycles. The van der Waals surface area contributed by atoms with Gasteiger partial charge in [-0.2, -0.15) is 0 Å². The highest BCUT2D eigenvalue weighted by molar-refractivity contribution is 5.98. The maximum Gasteiger partial charge on any atom is 0.288 e. The van der Waals surface area contributed by atoms with Crippen molar-refractivity contribution in [1.82, 2.24) is 10.3 Å². The molecule has 0 spiro atoms. The van der Waals surface area contributed by atoms with E-state index in [-0.39, 0.29) is 22.5 Å². The topological polar surface area (TPSA) is 120 Å². The van der Waals surface area contributed by atoms with E-state index in [0.717, 1.165) is 31.5 Å². The third kappa shape index (κ3) is 3.66. The Morgan fingerprint density at radius 3 is 2.90 bits per heavy atom. The molecule has 1 saturated carbocycles. The van der Waals surface area contributed by atoms with E-state index in [0.29, 0.717) is 13.2 Å². The number of rotatable bonds is 7. The molecule has 3 N–H and O–H groups in total. The maximum absolute atomic E-state index is 12.1. The van der Waals surface area contributed by atoms with Crippen molar-refractivity contribution in [3.63, 3.8) is 0 Å². The summed E-state index contributed by atoms with van der Waals surface area (Å²) >= 11 is 0. The predicted molar refractivity (Wildman–Crippen MR) is 75.8 cm³/mol. The van der Waals surface area contributed by atoms with Gasteiger partial charge in [0.25, 0.3) is 11.6 Å². The van der Waals surface area contributed by atoms with Gasteiger partial charge in [0, 0.05) is 26.3 Å². The third-order valence-corrected chi connectivity index (χ3v) is 3.78. The molecule has 0 atom stereocenters. The molecule has 1 aliphatic rings. The van der Waals surface area contributed by atoms with Crippen LogP contribution in [0.3, 0.4) is 0 Å². The summed E-state index contributed by atoms with van der Waals surface area (Å²) in [5.74, 6) is -0.452. The maximum atomic E-state index is 12.1. The Bertz CT molecular complexity index is 557. The number of nitrogen functional groups attached to an aromatic ring is 1. The molecular weight excluding hydrogens is 276 g/mol. The lowest BCUT2D eigenvalue weighted by atomic mass is 10.0. The van der Waals surface area contributed by atoms with Gasteiger partial charge >= 0.3 is 0 Å². The highest BCUT2D eigenvalue weighted by Gasteiger charge is 2.42. The van der Waals surface area contributed by atoms with Crippen molar-refractivity contribution in [3.8, 4) is 0 Å². The number of amides is 1. The van der Waals surface area contributed by atoms with Crippen molar-refractivity contribution in [2.24, 2.45) is 5.41 Å². The summed E-state index contributed by atoms with van der Waals surface area (Å²) in [5, 5.41) is 13.5. The molecule has 1 heterocycles. The summed E-state index contributed by atoms with van der Waals surface area (Å²) in [6.45, 7) is 1.16. The Hall–Kier alpha value is -2.22. The van der Waals surface area contributed by atoms with Gasteiger partial charge in [0.2, 0.25) is 0 Å². The number of carbonyl (C=O) groups is 1. The van der Waals surface area contributed by atoms with Crippen LogP contribution < -0.4 is 11.1 Å². The van der Waals surface area contributed by atoms with E-state index < -0.39 is 10.8 Å². The normalized spacial score (nSPS) is 15.5. The van der Waals surface area contributed by atoms with Crippen LogP contribution in [-0.4, -0.2) is 36.1 Å². The van der Waals surface area contributed by atoms with Gasteiger partial charge in [-0.15, -0.1) is 0 Å². The number of ether oxygens (including phenoxy) is 1. The minimum absolute atomic E-state index is 0.0140. The molecule has 0 saturated heterocycles. The molecule has 1 aromatic rings. The van der Waals surface area contributed by atoms with E-state index in [4.69, 9.17) is 10.5 Å². The van der Waals surface area contributed by atoms with Crippen LogP contribution in [0, 0.1) is 15.5 Å². The molecule has 21 heavy (non-hydrogen) atoms. The molecular formula is C13H18N4O4. The van der Waals surface area contributed by atoms with E-state index >= 15 is 0 Å². The molecule has 1 fully saturated rings. The zero-order valence-electron chi connectivity index (χ0n) is 11.8. The molecule has 8 heteroatoms. The van der Waals surface area contributed by atoms with Gasteiger partial charge in [-0.1, -0.05) is 0 Å². The molecule has 1 aromatic heterocycles. The van der Waals surface area contributed by atoms with Crippen LogP contribution in [0.5, 0.6) is 0 Å². The molecule has 0 aromatic carbocycles. The smallest absolute Gasteiger partial charge is 0.288 e. The summed E-state index contributed by atoms with van der Waals surface area (Å²) in [5.41, 5.74) is 5.48. The van der Waals surface area contributed by atoms with E-state index in [1.807, 2.05) is 0 Å². The molecule has 2 rings (SSSR count). The monoisotopic (exact) mass is 294 g/mol. The quantitative estimate of drug-likeness (QED) is 0.574. The van der Waals surface area contributed by atoms with Crippen LogP contribution in [-0.2, 0) is 4.74 Å². The van der Waals surface area contributed by atoms with Crippen LogP contribution in [0.4, 0.5) is 11.5 Å². The first-order valence-corrected chi connectivity index (χ1v) is 6.64. The SMILES string of the molecule is COCCC1(CNC(=O)c2cc([N+](=O)[O-])cnc2N)CC1. The standard InChI is InChI=1S/C13H18N4O4/c1-21-5-4-13(2-3-13)8-16-12(18)10-6-9(17(19)20)7-15-11(10)14/h6-7H,2-5,8H2,1H3,(H2,14,15)(H,16,18). The number of anilines is 1. The summed E-state index contributed by atoms with van der Waals surface area (Å²) < 4.78 is 5.05. The Labute approximate surface area is 121 Å². The lowest BCUT2D eigenvalue weighted by molar-refractivity contribution is -0.385. The second kappa shape index (κ2) is 6.04. The Morgan fingerprint density at radius 2 is 2.33 bits per heavy atom. The van der Waals surface area contributed by atoms with Crippen molar-refractivity contribution < 1.29 is 14.5 Å². The fourth-order valence-corrected chi connectivity index (χ4v) is 2.12. The zero-order chi connectivity index (χ0) is 15.5. The summed E-state index contributed by atoms with van der Waals surface area (Å²) in [7, 11) is 1.64. The van der Waals surface area contributed by atoms with Crippen LogP contribution >= 0.6 is 0 Å². The van der Waals surface area contributed by atoms with Crippen LogP contribution in [0.1, 0.15) is 29.6 Å². The summed E-state index contributed by atoms with van der Waals surface area (Å²) in [6.07, 6.45) is 4.00. The van der Waals surface area contributed by atoms with Crippen molar-refractivity contribution in [2.45, 2.75) is 19.3 Å². The predicted octanol–water partition coefficient (Wildman–Crippen LogP) is 1.12. The van der Waals surface area contributed by atoms with Crippen LogP contribution in [0.15, 0.2) is 12.3 Å². The fourth-order valence-electron chi connectivity index (χ4n) is 2.12. The molecule has 1 aliphatic carbocycles. The lowest BCUT2D eigenvalue weighted by Gasteiger charge is -2.15. The number of methoxy groups -OCH3 is 1. The number of hydrogen-bond donors (Lipinski definition) is 2. The Balaban J connectivity index is 2.00. The number of nitro groups is 1. The first kappa shape index (κ1) is 15.2. The fraction of sp³-hybridized carbons (Fsp3) is 0.538. The average molecular weight is 294 g/mol. The van der Waals surface area contributed by atoms with Gasteiger partial charge in [0.15, 0.2) is 0 Å². The molecule has 0 radical (unpaired) electrons. The number of carbonyl (C=O) groups excluding carboxylic acids is 1. The number of pyridine rings is 1. The number of nitrogens with zero attached hydrogens (tertiary/aromatic N) is 2. The van der Waals surface area contributed by atoms with Crippen molar-refractivity contribution in [2.75, 3.05) is 26.0 Å². The molecule has 0 bridgehead atoms. The summed E-state index contributed by atoms with van der Waals surface area (Å²) in [6, 6.07) is 1.15. The highest BCUT2D eigenvalue weighted by Crippen LogP contribution is 2.48. The number of aromatic nitrogens is 1. The average Bonchev–Trinajstić information content (AvgIpc) is 3.23. The van der Waals surface area contributed by atoms with Gasteiger partial charge < -0.3 is 15.8 Å². The van der Waals surface area contributed by atoms with Crippen LogP contribution in [0.25, 0.3) is 0 Å². The van der Waals surface area contributed by atoms with Gasteiger partial charge in [-0.25, -0.2) is 4.98 Å².